The van der Waals surface area contributed by atoms with Gasteiger partial charge in [0.25, 0.3) is 0 Å². The number of hydrazine groups is 1. The molecule has 1 aromatic rings. The minimum atomic E-state index is 0.390. The first-order valence-electron chi connectivity index (χ1n) is 6.21. The molecule has 1 atom stereocenters. The van der Waals surface area contributed by atoms with Crippen molar-refractivity contribution >= 4 is 11.6 Å². The van der Waals surface area contributed by atoms with Gasteiger partial charge in [-0.3, -0.25) is 9.89 Å². The van der Waals surface area contributed by atoms with Crippen LogP contribution >= 0.6 is 0 Å². The summed E-state index contributed by atoms with van der Waals surface area (Å²) in [6.45, 7) is 4.29. The number of hydrogen-bond acceptors (Lipinski definition) is 3. The van der Waals surface area contributed by atoms with E-state index in [1.54, 1.807) is 0 Å². The third kappa shape index (κ3) is 2.32. The van der Waals surface area contributed by atoms with Crippen molar-refractivity contribution in [2.75, 3.05) is 19.5 Å². The fourth-order valence-electron chi connectivity index (χ4n) is 2.12. The predicted octanol–water partition coefficient (Wildman–Crippen LogP) is 1.84. The lowest BCUT2D eigenvalue weighted by Gasteiger charge is -2.28. The lowest BCUT2D eigenvalue weighted by Crippen LogP contribution is -2.51. The van der Waals surface area contributed by atoms with Crippen molar-refractivity contribution < 1.29 is 4.58 Å². The van der Waals surface area contributed by atoms with E-state index < -0.39 is 0 Å². The second-order valence-electron chi connectivity index (χ2n) is 4.55. The van der Waals surface area contributed by atoms with Crippen molar-refractivity contribution in [2.24, 2.45) is 0 Å². The van der Waals surface area contributed by atoms with Crippen LogP contribution in [0, 0.1) is 0 Å². The molecule has 4 nitrogen and oxygen atoms in total. The molecular formula is C14H21N4+. The summed E-state index contributed by atoms with van der Waals surface area (Å²) in [6.07, 6.45) is 2.23. The molecule has 0 amide bonds. The molecule has 1 aliphatic rings. The molecule has 0 radical (unpaired) electrons. The van der Waals surface area contributed by atoms with E-state index >= 15 is 0 Å². The monoisotopic (exact) mass is 245 g/mol. The van der Waals surface area contributed by atoms with Crippen molar-refractivity contribution in [3.63, 3.8) is 0 Å². The SMILES string of the molecule is CNC1=[N+](C)C(C)C=C(C)N1Nc1ccccc1. The van der Waals surface area contributed by atoms with E-state index in [1.165, 1.54) is 5.70 Å². The van der Waals surface area contributed by atoms with Crippen LogP contribution in [0.1, 0.15) is 13.8 Å². The Hall–Kier alpha value is -1.97. The van der Waals surface area contributed by atoms with E-state index in [1.807, 2.05) is 25.2 Å². The lowest BCUT2D eigenvalue weighted by atomic mass is 10.2. The van der Waals surface area contributed by atoms with Gasteiger partial charge in [0, 0.05) is 0 Å². The Bertz CT molecular complexity index is 476. The van der Waals surface area contributed by atoms with E-state index in [0.29, 0.717) is 6.04 Å². The summed E-state index contributed by atoms with van der Waals surface area (Å²) in [5.41, 5.74) is 5.67. The summed E-state index contributed by atoms with van der Waals surface area (Å²) < 4.78 is 2.20. The van der Waals surface area contributed by atoms with Gasteiger partial charge in [0.1, 0.15) is 5.70 Å². The average Bonchev–Trinajstić information content (AvgIpc) is 2.37. The summed E-state index contributed by atoms with van der Waals surface area (Å²) in [6, 6.07) is 10.6. The van der Waals surface area contributed by atoms with E-state index in [2.05, 4.69) is 59.4 Å². The number of nitrogens with one attached hydrogen (secondary N) is 2. The summed E-state index contributed by atoms with van der Waals surface area (Å²) >= 11 is 0. The van der Waals surface area contributed by atoms with E-state index in [9.17, 15) is 0 Å². The summed E-state index contributed by atoms with van der Waals surface area (Å²) in [5.74, 6) is 1.05. The number of nitrogens with zero attached hydrogens (tertiary/aromatic N) is 2. The molecule has 0 saturated heterocycles. The van der Waals surface area contributed by atoms with Crippen LogP contribution in [0.5, 0.6) is 0 Å². The van der Waals surface area contributed by atoms with Crippen LogP contribution in [0.2, 0.25) is 0 Å². The minimum absolute atomic E-state index is 0.390. The van der Waals surface area contributed by atoms with Crippen LogP contribution < -0.4 is 10.7 Å². The standard InChI is InChI=1S/C14H20N4/c1-11-10-12(2)18(14(15-3)17(11)4)16-13-8-6-5-7-9-13/h5-11,16H,1-4H3/p+1. The number of anilines is 1. The van der Waals surface area contributed by atoms with Gasteiger partial charge >= 0.3 is 5.96 Å². The quantitative estimate of drug-likeness (QED) is 0.779. The summed E-state index contributed by atoms with van der Waals surface area (Å²) in [4.78, 5) is 0. The van der Waals surface area contributed by atoms with Gasteiger partial charge in [-0.1, -0.05) is 18.2 Å². The first-order chi connectivity index (χ1) is 8.63. The largest absolute Gasteiger partial charge is 0.375 e. The number of para-hydroxylation sites is 1. The molecule has 2 rings (SSSR count). The third-order valence-electron chi connectivity index (χ3n) is 3.23. The van der Waals surface area contributed by atoms with Crippen LogP contribution in [0.4, 0.5) is 5.69 Å². The summed E-state index contributed by atoms with van der Waals surface area (Å²) in [7, 11) is 4.02. The maximum Gasteiger partial charge on any atom is 0.375 e. The van der Waals surface area contributed by atoms with Crippen LogP contribution in [-0.4, -0.2) is 35.7 Å². The second-order valence-corrected chi connectivity index (χ2v) is 4.55. The van der Waals surface area contributed by atoms with Gasteiger partial charge in [-0.25, -0.2) is 5.43 Å². The zero-order valence-corrected chi connectivity index (χ0v) is 11.4. The van der Waals surface area contributed by atoms with Crippen LogP contribution in [0.25, 0.3) is 0 Å². The zero-order valence-electron chi connectivity index (χ0n) is 11.4. The molecular weight excluding hydrogens is 224 g/mol. The molecule has 0 aromatic heterocycles. The van der Waals surface area contributed by atoms with Gasteiger partial charge in [-0.15, -0.1) is 5.01 Å². The Balaban J connectivity index is 2.28. The summed E-state index contributed by atoms with van der Waals surface area (Å²) in [5, 5.41) is 5.31. The number of benzene rings is 1. The highest BCUT2D eigenvalue weighted by Crippen LogP contribution is 2.15. The fraction of sp³-hybridized carbons (Fsp3) is 0.357. The molecule has 1 heterocycles. The predicted molar refractivity (Wildman–Crippen MR) is 75.4 cm³/mol. The molecule has 1 aliphatic heterocycles. The van der Waals surface area contributed by atoms with Crippen molar-refractivity contribution in [1.29, 1.82) is 0 Å². The molecule has 2 N–H and O–H groups in total. The van der Waals surface area contributed by atoms with Gasteiger partial charge < -0.3 is 0 Å². The minimum Gasteiger partial charge on any atom is -0.278 e. The first kappa shape index (κ1) is 12.5. The first-order valence-corrected chi connectivity index (χ1v) is 6.21. The topological polar surface area (TPSA) is 30.3 Å². The van der Waals surface area contributed by atoms with E-state index in [-0.39, 0.29) is 0 Å². The normalized spacial score (nSPS) is 19.7. The molecule has 4 heteroatoms. The van der Waals surface area contributed by atoms with Crippen LogP contribution in [0.15, 0.2) is 42.1 Å². The maximum absolute atomic E-state index is 3.41. The number of guanidine groups is 1. The molecule has 0 bridgehead atoms. The van der Waals surface area contributed by atoms with Crippen molar-refractivity contribution in [3.8, 4) is 0 Å². The Morgan fingerprint density at radius 3 is 2.50 bits per heavy atom. The molecule has 0 spiro atoms. The highest BCUT2D eigenvalue weighted by atomic mass is 15.6. The van der Waals surface area contributed by atoms with E-state index in [4.69, 9.17) is 0 Å². The molecule has 0 fully saturated rings. The van der Waals surface area contributed by atoms with E-state index in [0.717, 1.165) is 11.6 Å². The van der Waals surface area contributed by atoms with Crippen molar-refractivity contribution in [2.45, 2.75) is 19.9 Å². The average molecular weight is 245 g/mol. The second kappa shape index (κ2) is 5.12. The van der Waals surface area contributed by atoms with Crippen LogP contribution in [-0.2, 0) is 0 Å². The Morgan fingerprint density at radius 1 is 1.22 bits per heavy atom. The van der Waals surface area contributed by atoms with Gasteiger partial charge in [-0.05, 0) is 32.1 Å². The Labute approximate surface area is 109 Å². The number of hydrogen-bond donors (Lipinski definition) is 2. The number of likely N-dealkylation sites (N-methyl/N-ethyl adjacent to an activating group) is 1. The third-order valence-corrected chi connectivity index (χ3v) is 3.23. The fourth-order valence-corrected chi connectivity index (χ4v) is 2.12. The lowest BCUT2D eigenvalue weighted by molar-refractivity contribution is -0.530. The van der Waals surface area contributed by atoms with Gasteiger partial charge in [-0.2, -0.15) is 0 Å². The van der Waals surface area contributed by atoms with Crippen molar-refractivity contribution in [3.05, 3.63) is 42.1 Å². The van der Waals surface area contributed by atoms with Gasteiger partial charge in [0.05, 0.1) is 25.8 Å². The Kier molecular flexibility index (Phi) is 3.55. The number of allylic oxidation sites excluding steroid dienone is 1. The molecule has 0 aliphatic carbocycles. The highest BCUT2D eigenvalue weighted by molar-refractivity contribution is 5.79. The van der Waals surface area contributed by atoms with Crippen LogP contribution in [0.3, 0.4) is 0 Å². The molecule has 18 heavy (non-hydrogen) atoms. The van der Waals surface area contributed by atoms with Gasteiger partial charge in [0.15, 0.2) is 0 Å². The highest BCUT2D eigenvalue weighted by Gasteiger charge is 2.28. The van der Waals surface area contributed by atoms with Crippen molar-refractivity contribution in [1.82, 2.24) is 10.3 Å². The zero-order chi connectivity index (χ0) is 13.1. The number of rotatable bonds is 2. The molecule has 1 unspecified atom stereocenters. The molecule has 0 saturated carbocycles. The maximum atomic E-state index is 3.41. The molecule has 1 aromatic carbocycles. The molecule has 96 valence electrons. The smallest absolute Gasteiger partial charge is 0.278 e. The van der Waals surface area contributed by atoms with Gasteiger partial charge in [0.2, 0.25) is 0 Å². The Morgan fingerprint density at radius 2 is 1.89 bits per heavy atom.